The molecule has 0 aliphatic heterocycles. The van der Waals surface area contributed by atoms with Crippen molar-refractivity contribution in [2.75, 3.05) is 0 Å². The van der Waals surface area contributed by atoms with Crippen molar-refractivity contribution in [2.45, 2.75) is 9.79 Å². The van der Waals surface area contributed by atoms with Gasteiger partial charge in [-0.05, 0) is 30.3 Å². The van der Waals surface area contributed by atoms with Crippen LogP contribution >= 0.6 is 11.6 Å². The molecule has 6 heteroatoms. The van der Waals surface area contributed by atoms with Gasteiger partial charge >= 0.3 is 5.56 Å². The SMILES string of the molecule is Cn1c(=O)c([S+]([O-])c2ccccc2)c(O)c2cc(Cl)ccc21. The standard InChI is InChI=1S/C16H12ClNO3S/c1-18-13-8-7-10(17)9-12(13)14(19)15(16(18)20)22(21)11-5-3-2-4-6-11/h2-9,19H,1H3. The fourth-order valence-electron chi connectivity index (χ4n) is 2.30. The molecule has 1 aromatic heterocycles. The third-order valence-electron chi connectivity index (χ3n) is 3.43. The van der Waals surface area contributed by atoms with Gasteiger partial charge in [-0.25, -0.2) is 0 Å². The smallest absolute Gasteiger partial charge is 0.310 e. The first-order valence-corrected chi connectivity index (χ1v) is 8.01. The Balaban J connectivity index is 2.33. The van der Waals surface area contributed by atoms with E-state index < -0.39 is 16.7 Å². The Morgan fingerprint density at radius 2 is 1.86 bits per heavy atom. The van der Waals surface area contributed by atoms with Gasteiger partial charge in [-0.3, -0.25) is 4.79 Å². The number of nitrogens with zero attached hydrogens (tertiary/aromatic N) is 1. The Labute approximate surface area is 134 Å². The fourth-order valence-corrected chi connectivity index (χ4v) is 3.70. The van der Waals surface area contributed by atoms with Crippen molar-refractivity contribution in [3.05, 3.63) is 63.9 Å². The molecule has 0 radical (unpaired) electrons. The molecular formula is C16H12ClNO3S. The van der Waals surface area contributed by atoms with E-state index in [1.54, 1.807) is 55.6 Å². The molecule has 2 aromatic carbocycles. The van der Waals surface area contributed by atoms with Crippen molar-refractivity contribution >= 4 is 33.7 Å². The van der Waals surface area contributed by atoms with Crippen LogP contribution in [0.5, 0.6) is 5.75 Å². The molecule has 1 heterocycles. The van der Waals surface area contributed by atoms with E-state index in [1.165, 1.54) is 4.57 Å². The predicted molar refractivity (Wildman–Crippen MR) is 87.0 cm³/mol. The van der Waals surface area contributed by atoms with Crippen LogP contribution in [0.2, 0.25) is 5.02 Å². The molecule has 0 aliphatic rings. The summed E-state index contributed by atoms with van der Waals surface area (Å²) in [6, 6.07) is 13.4. The molecule has 0 bridgehead atoms. The van der Waals surface area contributed by atoms with E-state index in [9.17, 15) is 14.5 Å². The molecule has 0 saturated carbocycles. The second-order valence-corrected chi connectivity index (χ2v) is 6.64. The van der Waals surface area contributed by atoms with Crippen molar-refractivity contribution in [3.63, 3.8) is 0 Å². The first-order valence-electron chi connectivity index (χ1n) is 6.48. The molecule has 3 rings (SSSR count). The van der Waals surface area contributed by atoms with Crippen molar-refractivity contribution in [3.8, 4) is 5.75 Å². The second-order valence-electron chi connectivity index (χ2n) is 4.79. The van der Waals surface area contributed by atoms with E-state index in [2.05, 4.69) is 0 Å². The number of rotatable bonds is 2. The highest BCUT2D eigenvalue weighted by molar-refractivity contribution is 7.91. The minimum Gasteiger partial charge on any atom is -0.606 e. The van der Waals surface area contributed by atoms with Gasteiger partial charge in [0.15, 0.2) is 10.6 Å². The molecule has 0 fully saturated rings. The minimum atomic E-state index is -1.77. The summed E-state index contributed by atoms with van der Waals surface area (Å²) in [7, 11) is 1.57. The third kappa shape index (κ3) is 2.37. The number of halogens is 1. The zero-order valence-electron chi connectivity index (χ0n) is 11.6. The van der Waals surface area contributed by atoms with Crippen molar-refractivity contribution in [1.29, 1.82) is 0 Å². The minimum absolute atomic E-state index is 0.136. The van der Waals surface area contributed by atoms with Gasteiger partial charge in [-0.15, -0.1) is 0 Å². The van der Waals surface area contributed by atoms with Crippen LogP contribution in [0.4, 0.5) is 0 Å². The number of aryl methyl sites for hydroxylation is 1. The summed E-state index contributed by atoms with van der Waals surface area (Å²) < 4.78 is 14.0. The Kier molecular flexibility index (Phi) is 3.87. The van der Waals surface area contributed by atoms with Crippen LogP contribution < -0.4 is 5.56 Å². The molecule has 3 aromatic rings. The van der Waals surface area contributed by atoms with Gasteiger partial charge in [0, 0.05) is 28.6 Å². The van der Waals surface area contributed by atoms with Gasteiger partial charge in [0.05, 0.1) is 5.52 Å². The van der Waals surface area contributed by atoms with Crippen LogP contribution in [0.1, 0.15) is 0 Å². The number of hydrogen-bond acceptors (Lipinski definition) is 3. The number of aromatic nitrogens is 1. The molecule has 0 amide bonds. The van der Waals surface area contributed by atoms with Crippen LogP contribution in [0.15, 0.2) is 63.1 Å². The third-order valence-corrected chi connectivity index (χ3v) is 5.11. The number of benzene rings is 2. The molecule has 22 heavy (non-hydrogen) atoms. The first-order chi connectivity index (χ1) is 10.5. The Hall–Kier alpha value is -1.95. The fraction of sp³-hybridized carbons (Fsp3) is 0.0625. The summed E-state index contributed by atoms with van der Waals surface area (Å²) in [4.78, 5) is 12.8. The van der Waals surface area contributed by atoms with Gasteiger partial charge in [0.2, 0.25) is 0 Å². The Morgan fingerprint density at radius 3 is 2.55 bits per heavy atom. The van der Waals surface area contributed by atoms with Crippen LogP contribution in [0.3, 0.4) is 0 Å². The van der Waals surface area contributed by atoms with Crippen LogP contribution in [-0.2, 0) is 18.2 Å². The maximum atomic E-state index is 12.7. The van der Waals surface area contributed by atoms with Crippen LogP contribution in [-0.4, -0.2) is 14.2 Å². The van der Waals surface area contributed by atoms with Gasteiger partial charge in [-0.1, -0.05) is 29.8 Å². The Bertz CT molecular complexity index is 909. The zero-order valence-corrected chi connectivity index (χ0v) is 13.2. The molecule has 0 spiro atoms. The summed E-state index contributed by atoms with van der Waals surface area (Å²) in [5, 5.41) is 11.3. The van der Waals surface area contributed by atoms with Crippen molar-refractivity contribution in [2.24, 2.45) is 7.05 Å². The molecule has 112 valence electrons. The van der Waals surface area contributed by atoms with E-state index in [1.807, 2.05) is 0 Å². The lowest BCUT2D eigenvalue weighted by molar-refractivity contribution is 0.460. The summed E-state index contributed by atoms with van der Waals surface area (Å²) in [6.07, 6.45) is 0. The first kappa shape index (κ1) is 15.0. The lowest BCUT2D eigenvalue weighted by Crippen LogP contribution is -2.24. The normalized spacial score (nSPS) is 12.5. The summed E-state index contributed by atoms with van der Waals surface area (Å²) in [5.74, 6) is -0.289. The van der Waals surface area contributed by atoms with E-state index >= 15 is 0 Å². The average Bonchev–Trinajstić information content (AvgIpc) is 2.53. The summed E-state index contributed by atoms with van der Waals surface area (Å²) >= 11 is 4.19. The number of pyridine rings is 1. The van der Waals surface area contributed by atoms with Gasteiger partial charge in [0.1, 0.15) is 0 Å². The van der Waals surface area contributed by atoms with E-state index in [0.717, 1.165) is 0 Å². The molecule has 0 saturated heterocycles. The largest absolute Gasteiger partial charge is 0.606 e. The van der Waals surface area contributed by atoms with Crippen molar-refractivity contribution < 1.29 is 9.66 Å². The van der Waals surface area contributed by atoms with E-state index in [-0.39, 0.29) is 10.6 Å². The topological polar surface area (TPSA) is 65.3 Å². The highest BCUT2D eigenvalue weighted by Gasteiger charge is 2.27. The lowest BCUT2D eigenvalue weighted by Gasteiger charge is -2.14. The average molecular weight is 334 g/mol. The molecular weight excluding hydrogens is 322 g/mol. The molecule has 0 aliphatic carbocycles. The quantitative estimate of drug-likeness (QED) is 0.733. The van der Waals surface area contributed by atoms with E-state index in [0.29, 0.717) is 20.8 Å². The molecule has 4 nitrogen and oxygen atoms in total. The molecule has 1 unspecified atom stereocenters. The summed E-state index contributed by atoms with van der Waals surface area (Å²) in [5.41, 5.74) is 0.0372. The van der Waals surface area contributed by atoms with Gasteiger partial charge in [0.25, 0.3) is 4.90 Å². The monoisotopic (exact) mass is 333 g/mol. The van der Waals surface area contributed by atoms with E-state index in [4.69, 9.17) is 11.6 Å². The Morgan fingerprint density at radius 1 is 1.18 bits per heavy atom. The summed E-state index contributed by atoms with van der Waals surface area (Å²) in [6.45, 7) is 0. The van der Waals surface area contributed by atoms with Gasteiger partial charge < -0.3 is 14.2 Å². The second kappa shape index (κ2) is 5.68. The highest BCUT2D eigenvalue weighted by Crippen LogP contribution is 2.33. The zero-order chi connectivity index (χ0) is 15.9. The molecule has 1 N–H and O–H groups in total. The number of hydrogen-bond donors (Lipinski definition) is 1. The predicted octanol–water partition coefficient (Wildman–Crippen LogP) is 3.06. The maximum Gasteiger partial charge on any atom is 0.310 e. The number of aromatic hydroxyl groups is 1. The lowest BCUT2D eigenvalue weighted by atomic mass is 10.2. The maximum absolute atomic E-state index is 12.7. The van der Waals surface area contributed by atoms with Crippen LogP contribution in [0, 0.1) is 0 Å². The highest BCUT2D eigenvalue weighted by atomic mass is 35.5. The van der Waals surface area contributed by atoms with Gasteiger partial charge in [-0.2, -0.15) is 0 Å². The van der Waals surface area contributed by atoms with Crippen LogP contribution in [0.25, 0.3) is 10.9 Å². The van der Waals surface area contributed by atoms with Crippen molar-refractivity contribution in [1.82, 2.24) is 4.57 Å². The number of fused-ring (bicyclic) bond motifs is 1. The molecule has 1 atom stereocenters.